The van der Waals surface area contributed by atoms with E-state index >= 15 is 4.39 Å². The number of aromatic amines is 1. The van der Waals surface area contributed by atoms with Gasteiger partial charge in [0.2, 0.25) is 0 Å². The first-order valence-corrected chi connectivity index (χ1v) is 17.4. The molecule has 11 nitrogen and oxygen atoms in total. The number of ether oxygens (including phenoxy) is 1. The van der Waals surface area contributed by atoms with Crippen LogP contribution in [0.3, 0.4) is 0 Å². The van der Waals surface area contributed by atoms with Gasteiger partial charge in [-0.15, -0.1) is 0 Å². The molecule has 244 valence electrons. The van der Waals surface area contributed by atoms with Gasteiger partial charge < -0.3 is 9.64 Å². The number of aromatic nitrogens is 8. The minimum atomic E-state index is -0.497. The number of fused-ring (bicyclic) bond motifs is 3. The highest BCUT2D eigenvalue weighted by Gasteiger charge is 2.45. The molecule has 1 N–H and O–H groups in total. The average molecular weight is 657 g/mol. The topological polar surface area (TPSA) is 114 Å². The maximum Gasteiger partial charge on any atom is 0.319 e. The zero-order chi connectivity index (χ0) is 31.7. The minimum Gasteiger partial charge on any atom is -0.461 e. The molecule has 1 atom stereocenters. The Kier molecular flexibility index (Phi) is 7.07. The van der Waals surface area contributed by atoms with E-state index in [0.29, 0.717) is 34.9 Å². The van der Waals surface area contributed by atoms with Gasteiger partial charge >= 0.3 is 6.01 Å². The number of benzene rings is 1. The fraction of sp³-hybridized carbons (Fsp3) is 0.529. The van der Waals surface area contributed by atoms with Gasteiger partial charge in [-0.3, -0.25) is 15.0 Å². The number of hydrogen-bond acceptors (Lipinski definition) is 9. The summed E-state index contributed by atoms with van der Waals surface area (Å²) in [6.45, 7) is 6.91. The van der Waals surface area contributed by atoms with Gasteiger partial charge in [-0.05, 0) is 88.9 Å². The standard InChI is InChI=1S/C34H38ClFN10O/c1-2-46-39-17-26(43-46)21-6-3-11-44(18-21)32-23-15-37-31(28-22-16-38-42-25(22)14-24(35)27(28)20-7-8-20)29(36)30(23)40-33(41-32)47-19-34-9-4-12-45(34)13-5-10-34/h14-17,20-21H,2-13,18-19H2,1H3,(H,38,42). The highest BCUT2D eigenvalue weighted by molar-refractivity contribution is 6.33. The van der Waals surface area contributed by atoms with Gasteiger partial charge in [0.25, 0.3) is 0 Å². The molecule has 4 aliphatic rings. The Bertz CT molecular complexity index is 1980. The number of nitrogens with one attached hydrogen (secondary N) is 1. The summed E-state index contributed by atoms with van der Waals surface area (Å²) >= 11 is 6.83. The third kappa shape index (κ3) is 4.94. The Balaban J connectivity index is 1.16. The fourth-order valence-corrected chi connectivity index (χ4v) is 8.68. The molecule has 3 saturated heterocycles. The first-order chi connectivity index (χ1) is 23.0. The summed E-state index contributed by atoms with van der Waals surface area (Å²) in [6.07, 6.45) is 13.8. The summed E-state index contributed by atoms with van der Waals surface area (Å²) in [5.41, 5.74) is 3.78. The molecular formula is C34H38ClFN10O. The molecule has 0 bridgehead atoms. The summed E-state index contributed by atoms with van der Waals surface area (Å²) in [5.74, 6) is 0.597. The number of piperidine rings is 1. The van der Waals surface area contributed by atoms with E-state index in [1.165, 1.54) is 12.8 Å². The quantitative estimate of drug-likeness (QED) is 0.207. The van der Waals surface area contributed by atoms with Crippen LogP contribution in [0.15, 0.2) is 24.7 Å². The second-order valence-corrected chi connectivity index (χ2v) is 14.1. The Morgan fingerprint density at radius 3 is 2.66 bits per heavy atom. The lowest BCUT2D eigenvalue weighted by molar-refractivity contribution is 0.108. The highest BCUT2D eigenvalue weighted by Crippen LogP contribution is 2.50. The van der Waals surface area contributed by atoms with Gasteiger partial charge in [0.05, 0.1) is 41.1 Å². The normalized spacial score (nSPS) is 21.3. The van der Waals surface area contributed by atoms with Crippen molar-refractivity contribution < 1.29 is 9.13 Å². The number of anilines is 1. The Hall–Kier alpha value is -3.90. The first-order valence-electron chi connectivity index (χ1n) is 17.1. The maximum atomic E-state index is 17.1. The molecule has 0 radical (unpaired) electrons. The molecular weight excluding hydrogens is 619 g/mol. The van der Waals surface area contributed by atoms with Crippen LogP contribution in [-0.4, -0.2) is 83.4 Å². The Labute approximate surface area is 276 Å². The van der Waals surface area contributed by atoms with Gasteiger partial charge in [-0.1, -0.05) is 11.6 Å². The largest absolute Gasteiger partial charge is 0.461 e. The molecule has 4 aromatic heterocycles. The van der Waals surface area contributed by atoms with E-state index in [0.717, 1.165) is 86.9 Å². The Morgan fingerprint density at radius 1 is 1.02 bits per heavy atom. The number of rotatable bonds is 8. The van der Waals surface area contributed by atoms with Crippen LogP contribution < -0.4 is 9.64 Å². The van der Waals surface area contributed by atoms with E-state index in [1.54, 1.807) is 17.2 Å². The zero-order valence-corrected chi connectivity index (χ0v) is 27.3. The Morgan fingerprint density at radius 2 is 1.87 bits per heavy atom. The molecule has 1 aromatic carbocycles. The molecule has 4 fully saturated rings. The van der Waals surface area contributed by atoms with Crippen LogP contribution >= 0.6 is 11.6 Å². The van der Waals surface area contributed by atoms with E-state index in [1.807, 2.05) is 19.2 Å². The molecule has 1 unspecified atom stereocenters. The monoisotopic (exact) mass is 656 g/mol. The van der Waals surface area contributed by atoms with Crippen LogP contribution in [0.25, 0.3) is 33.1 Å². The van der Waals surface area contributed by atoms with E-state index in [-0.39, 0.29) is 34.6 Å². The van der Waals surface area contributed by atoms with E-state index in [9.17, 15) is 0 Å². The van der Waals surface area contributed by atoms with Crippen LogP contribution in [0.1, 0.15) is 81.4 Å². The summed E-state index contributed by atoms with van der Waals surface area (Å²) in [7, 11) is 0. The van der Waals surface area contributed by atoms with Gasteiger partial charge in [-0.25, -0.2) is 4.39 Å². The number of H-pyrrole nitrogens is 1. The predicted octanol–water partition coefficient (Wildman–Crippen LogP) is 6.24. The van der Waals surface area contributed by atoms with Gasteiger partial charge in [-0.2, -0.15) is 30.1 Å². The third-order valence-corrected chi connectivity index (χ3v) is 11.2. The number of aryl methyl sites for hydroxylation is 1. The van der Waals surface area contributed by atoms with Crippen LogP contribution in [0.4, 0.5) is 10.2 Å². The smallest absolute Gasteiger partial charge is 0.319 e. The number of nitrogens with zero attached hydrogens (tertiary/aromatic N) is 9. The van der Waals surface area contributed by atoms with Crippen molar-refractivity contribution in [2.45, 2.75) is 82.2 Å². The molecule has 13 heteroatoms. The van der Waals surface area contributed by atoms with Gasteiger partial charge in [0.1, 0.15) is 23.6 Å². The van der Waals surface area contributed by atoms with Gasteiger partial charge in [0, 0.05) is 41.2 Å². The molecule has 7 heterocycles. The van der Waals surface area contributed by atoms with Crippen molar-refractivity contribution in [2.75, 3.05) is 37.7 Å². The molecule has 1 aliphatic carbocycles. The van der Waals surface area contributed by atoms with Crippen molar-refractivity contribution in [3.63, 3.8) is 0 Å². The summed E-state index contributed by atoms with van der Waals surface area (Å²) in [6, 6.07) is 2.09. The molecule has 47 heavy (non-hydrogen) atoms. The van der Waals surface area contributed by atoms with Crippen LogP contribution in [0.2, 0.25) is 5.02 Å². The number of pyridine rings is 1. The average Bonchev–Trinajstić information content (AvgIpc) is 3.44. The SMILES string of the molecule is CCn1ncc(C2CCCN(c3nc(OCC45CCCN4CCC5)nc4c(F)c(-c5c(C6CC6)c(Cl)cc6[nH]ncc56)ncc34)C2)n1. The number of hydrogen-bond donors (Lipinski definition) is 1. The third-order valence-electron chi connectivity index (χ3n) is 10.9. The van der Waals surface area contributed by atoms with Crippen molar-refractivity contribution in [3.05, 3.63) is 46.8 Å². The van der Waals surface area contributed by atoms with Crippen LogP contribution in [0, 0.1) is 5.82 Å². The minimum absolute atomic E-state index is 0.00853. The second kappa shape index (κ2) is 11.4. The van der Waals surface area contributed by atoms with Crippen LogP contribution in [-0.2, 0) is 6.54 Å². The lowest BCUT2D eigenvalue weighted by Gasteiger charge is -2.34. The van der Waals surface area contributed by atoms with Crippen molar-refractivity contribution >= 4 is 39.2 Å². The van der Waals surface area contributed by atoms with E-state index in [2.05, 4.69) is 25.1 Å². The summed E-state index contributed by atoms with van der Waals surface area (Å²) in [5, 5.41) is 18.4. The van der Waals surface area contributed by atoms with E-state index in [4.69, 9.17) is 36.4 Å². The molecule has 9 rings (SSSR count). The van der Waals surface area contributed by atoms with Crippen molar-refractivity contribution in [3.8, 4) is 17.3 Å². The van der Waals surface area contributed by atoms with Crippen molar-refractivity contribution in [1.29, 1.82) is 0 Å². The lowest BCUT2D eigenvalue weighted by atomic mass is 9.94. The molecule has 3 aliphatic heterocycles. The fourth-order valence-electron chi connectivity index (χ4n) is 8.32. The van der Waals surface area contributed by atoms with Gasteiger partial charge in [0.15, 0.2) is 5.82 Å². The van der Waals surface area contributed by atoms with Crippen molar-refractivity contribution in [2.24, 2.45) is 0 Å². The summed E-state index contributed by atoms with van der Waals surface area (Å²) in [4.78, 5) is 21.1. The predicted molar refractivity (Wildman–Crippen MR) is 178 cm³/mol. The molecule has 0 amide bonds. The zero-order valence-electron chi connectivity index (χ0n) is 26.6. The molecule has 0 spiro atoms. The first kappa shape index (κ1) is 29.3. The van der Waals surface area contributed by atoms with Crippen LogP contribution in [0.5, 0.6) is 6.01 Å². The highest BCUT2D eigenvalue weighted by atomic mass is 35.5. The second-order valence-electron chi connectivity index (χ2n) is 13.7. The lowest BCUT2D eigenvalue weighted by Crippen LogP contribution is -2.43. The maximum absolute atomic E-state index is 17.1. The van der Waals surface area contributed by atoms with Crippen molar-refractivity contribution in [1.82, 2.24) is 45.0 Å². The molecule has 1 saturated carbocycles. The number of halogens is 2. The summed E-state index contributed by atoms with van der Waals surface area (Å²) < 4.78 is 23.6. The molecule has 5 aromatic rings. The van der Waals surface area contributed by atoms with E-state index < -0.39 is 5.82 Å².